The molecule has 2 aliphatic rings. The third-order valence-electron chi connectivity index (χ3n) is 4.61. The van der Waals surface area contributed by atoms with Gasteiger partial charge in [0.1, 0.15) is 12.4 Å². The van der Waals surface area contributed by atoms with E-state index in [0.717, 1.165) is 36.1 Å². The minimum absolute atomic E-state index is 0.259. The Morgan fingerprint density at radius 3 is 2.76 bits per heavy atom. The third kappa shape index (κ3) is 1.98. The van der Waals surface area contributed by atoms with Crippen molar-refractivity contribution < 1.29 is 9.53 Å². The summed E-state index contributed by atoms with van der Waals surface area (Å²) in [7, 11) is 0. The molecule has 0 bridgehead atoms. The Morgan fingerprint density at radius 1 is 1.00 bits per heavy atom. The highest BCUT2D eigenvalue weighted by Crippen LogP contribution is 2.41. The Hall–Kier alpha value is -2.09. The normalized spacial score (nSPS) is 15.8. The van der Waals surface area contributed by atoms with Gasteiger partial charge in [0.2, 0.25) is 0 Å². The van der Waals surface area contributed by atoms with Gasteiger partial charge in [0.15, 0.2) is 5.78 Å². The van der Waals surface area contributed by atoms with Crippen LogP contribution in [0.3, 0.4) is 0 Å². The number of carbonyl (C=O) groups is 1. The molecule has 0 aromatic heterocycles. The minimum Gasteiger partial charge on any atom is -0.488 e. The number of ketones is 1. The van der Waals surface area contributed by atoms with Crippen LogP contribution >= 0.6 is 0 Å². The van der Waals surface area contributed by atoms with Gasteiger partial charge >= 0.3 is 0 Å². The van der Waals surface area contributed by atoms with Crippen LogP contribution in [0, 0.1) is 0 Å². The summed E-state index contributed by atoms with van der Waals surface area (Å²) < 4.78 is 5.91. The zero-order valence-corrected chi connectivity index (χ0v) is 12.2. The highest BCUT2D eigenvalue weighted by molar-refractivity contribution is 6.00. The lowest BCUT2D eigenvalue weighted by molar-refractivity contribution is 0.0972. The van der Waals surface area contributed by atoms with Gasteiger partial charge in [-0.25, -0.2) is 0 Å². The number of rotatable bonds is 1. The fourth-order valence-electron chi connectivity index (χ4n) is 3.40. The molecule has 0 saturated carbocycles. The standard InChI is InChI=1S/C19H18O2/c1-2-12-6-7-15-14(8-12)11-21-19-10-16-13(9-17(15)19)4-3-5-18(16)20/h6-10H,2-5,11H2,1H3. The van der Waals surface area contributed by atoms with Crippen LogP contribution in [-0.4, -0.2) is 5.78 Å². The Morgan fingerprint density at radius 2 is 1.90 bits per heavy atom. The lowest BCUT2D eigenvalue weighted by atomic mass is 9.86. The molecule has 2 aromatic carbocycles. The van der Waals surface area contributed by atoms with Crippen LogP contribution < -0.4 is 4.74 Å². The molecule has 4 rings (SSSR count). The molecule has 1 heterocycles. The van der Waals surface area contributed by atoms with Crippen molar-refractivity contribution in [1.82, 2.24) is 0 Å². The van der Waals surface area contributed by atoms with Crippen LogP contribution in [0.5, 0.6) is 5.75 Å². The number of hydrogen-bond donors (Lipinski definition) is 0. The maximum absolute atomic E-state index is 12.0. The van der Waals surface area contributed by atoms with Gasteiger partial charge in [-0.2, -0.15) is 0 Å². The third-order valence-corrected chi connectivity index (χ3v) is 4.61. The van der Waals surface area contributed by atoms with Gasteiger partial charge in [0.05, 0.1) is 0 Å². The van der Waals surface area contributed by atoms with Crippen molar-refractivity contribution >= 4 is 5.78 Å². The Bertz CT molecular complexity index is 743. The first-order valence-electron chi connectivity index (χ1n) is 7.71. The summed E-state index contributed by atoms with van der Waals surface area (Å²) in [4.78, 5) is 12.0. The number of Topliss-reactive ketones (excluding diaryl/α,β-unsaturated/α-hetero) is 1. The van der Waals surface area contributed by atoms with Crippen molar-refractivity contribution in [2.75, 3.05) is 0 Å². The topological polar surface area (TPSA) is 26.3 Å². The van der Waals surface area contributed by atoms with Gasteiger partial charge in [-0.1, -0.05) is 25.1 Å². The number of fused-ring (bicyclic) bond motifs is 4. The van der Waals surface area contributed by atoms with Crippen LogP contribution in [0.4, 0.5) is 0 Å². The van der Waals surface area contributed by atoms with Crippen LogP contribution in [-0.2, 0) is 19.4 Å². The van der Waals surface area contributed by atoms with Crippen molar-refractivity contribution in [2.45, 2.75) is 39.2 Å². The van der Waals surface area contributed by atoms with Crippen LogP contribution in [0.25, 0.3) is 11.1 Å². The van der Waals surface area contributed by atoms with Crippen LogP contribution in [0.2, 0.25) is 0 Å². The SMILES string of the molecule is CCc1ccc2c(c1)COc1cc3c(cc1-2)CCCC3=O. The van der Waals surface area contributed by atoms with E-state index in [1.807, 2.05) is 6.07 Å². The molecular weight excluding hydrogens is 260 g/mol. The van der Waals surface area contributed by atoms with E-state index in [-0.39, 0.29) is 5.78 Å². The predicted molar refractivity (Wildman–Crippen MR) is 82.9 cm³/mol. The van der Waals surface area contributed by atoms with Crippen molar-refractivity contribution in [3.63, 3.8) is 0 Å². The van der Waals surface area contributed by atoms with E-state index in [2.05, 4.69) is 31.2 Å². The smallest absolute Gasteiger partial charge is 0.163 e. The number of hydrogen-bond acceptors (Lipinski definition) is 2. The molecule has 0 radical (unpaired) electrons. The number of benzene rings is 2. The van der Waals surface area contributed by atoms with Gasteiger partial charge in [-0.15, -0.1) is 0 Å². The Labute approximate surface area is 124 Å². The summed E-state index contributed by atoms with van der Waals surface area (Å²) in [6.45, 7) is 2.77. The second-order valence-corrected chi connectivity index (χ2v) is 5.92. The summed E-state index contributed by atoms with van der Waals surface area (Å²) in [6.07, 6.45) is 3.67. The van der Waals surface area contributed by atoms with Crippen LogP contribution in [0.1, 0.15) is 46.8 Å². The van der Waals surface area contributed by atoms with Gasteiger partial charge in [-0.05, 0) is 53.6 Å². The zero-order chi connectivity index (χ0) is 14.4. The number of ether oxygens (including phenoxy) is 1. The predicted octanol–water partition coefficient (Wildman–Crippen LogP) is 4.33. The molecule has 0 spiro atoms. The molecule has 0 atom stereocenters. The number of carbonyl (C=O) groups excluding carboxylic acids is 1. The molecule has 2 nitrogen and oxygen atoms in total. The van der Waals surface area contributed by atoms with Crippen molar-refractivity contribution in [1.29, 1.82) is 0 Å². The lowest BCUT2D eigenvalue weighted by Gasteiger charge is -2.25. The number of aryl methyl sites for hydroxylation is 2. The first-order chi connectivity index (χ1) is 10.3. The molecule has 0 unspecified atom stereocenters. The summed E-state index contributed by atoms with van der Waals surface area (Å²) in [5, 5.41) is 0. The molecule has 1 aliphatic carbocycles. The molecule has 0 fully saturated rings. The van der Waals surface area contributed by atoms with E-state index in [1.165, 1.54) is 22.3 Å². The first-order valence-corrected chi connectivity index (χ1v) is 7.71. The average molecular weight is 278 g/mol. The van der Waals surface area contributed by atoms with Gasteiger partial charge in [0.25, 0.3) is 0 Å². The highest BCUT2D eigenvalue weighted by Gasteiger charge is 2.24. The molecule has 0 saturated heterocycles. The molecule has 2 heteroatoms. The maximum Gasteiger partial charge on any atom is 0.163 e. The fourth-order valence-corrected chi connectivity index (χ4v) is 3.40. The van der Waals surface area contributed by atoms with E-state index < -0.39 is 0 Å². The molecule has 106 valence electrons. The molecule has 0 N–H and O–H groups in total. The molecule has 0 amide bonds. The second kappa shape index (κ2) is 4.73. The van der Waals surface area contributed by atoms with E-state index in [1.54, 1.807) is 0 Å². The zero-order valence-electron chi connectivity index (χ0n) is 12.2. The van der Waals surface area contributed by atoms with Crippen LogP contribution in [0.15, 0.2) is 30.3 Å². The van der Waals surface area contributed by atoms with Crippen molar-refractivity contribution in [2.24, 2.45) is 0 Å². The molecule has 21 heavy (non-hydrogen) atoms. The minimum atomic E-state index is 0.259. The summed E-state index contributed by atoms with van der Waals surface area (Å²) in [5.41, 5.74) is 7.05. The first kappa shape index (κ1) is 12.6. The largest absolute Gasteiger partial charge is 0.488 e. The quantitative estimate of drug-likeness (QED) is 0.776. The lowest BCUT2D eigenvalue weighted by Crippen LogP contribution is -2.13. The van der Waals surface area contributed by atoms with E-state index in [9.17, 15) is 4.79 Å². The van der Waals surface area contributed by atoms with Gasteiger partial charge < -0.3 is 4.74 Å². The van der Waals surface area contributed by atoms with E-state index in [0.29, 0.717) is 13.0 Å². The Balaban J connectivity index is 1.89. The summed E-state index contributed by atoms with van der Waals surface area (Å²) in [5.74, 6) is 1.12. The summed E-state index contributed by atoms with van der Waals surface area (Å²) in [6, 6.07) is 10.8. The van der Waals surface area contributed by atoms with Gasteiger partial charge in [0, 0.05) is 17.5 Å². The Kier molecular flexibility index (Phi) is 2.85. The maximum atomic E-state index is 12.0. The highest BCUT2D eigenvalue weighted by atomic mass is 16.5. The molecular formula is C19H18O2. The molecule has 1 aliphatic heterocycles. The second-order valence-electron chi connectivity index (χ2n) is 5.92. The molecule has 2 aromatic rings. The fraction of sp³-hybridized carbons (Fsp3) is 0.316. The van der Waals surface area contributed by atoms with Crippen molar-refractivity contribution in [3.8, 4) is 16.9 Å². The van der Waals surface area contributed by atoms with E-state index in [4.69, 9.17) is 4.74 Å². The average Bonchev–Trinajstić information content (AvgIpc) is 2.53. The van der Waals surface area contributed by atoms with E-state index >= 15 is 0 Å². The monoisotopic (exact) mass is 278 g/mol. The summed E-state index contributed by atoms with van der Waals surface area (Å²) >= 11 is 0. The van der Waals surface area contributed by atoms with Gasteiger partial charge in [-0.3, -0.25) is 4.79 Å². The van der Waals surface area contributed by atoms with Crippen molar-refractivity contribution in [3.05, 3.63) is 52.6 Å².